The van der Waals surface area contributed by atoms with Gasteiger partial charge in [0, 0.05) is 41.6 Å². The first-order valence-corrected chi connectivity index (χ1v) is 10.4. The van der Waals surface area contributed by atoms with Gasteiger partial charge in [0.1, 0.15) is 5.69 Å². The van der Waals surface area contributed by atoms with Gasteiger partial charge in [-0.25, -0.2) is 4.68 Å². The molecule has 0 saturated heterocycles. The summed E-state index contributed by atoms with van der Waals surface area (Å²) in [5, 5.41) is 12.1. The topological polar surface area (TPSA) is 59.4 Å². The molecule has 5 rings (SSSR count). The minimum Gasteiger partial charge on any atom is -0.282 e. The number of pyridine rings is 1. The van der Waals surface area contributed by atoms with E-state index in [0.717, 1.165) is 34.6 Å². The number of aromatic amines is 1. The van der Waals surface area contributed by atoms with Crippen molar-refractivity contribution in [2.45, 2.75) is 20.3 Å². The predicted molar refractivity (Wildman–Crippen MR) is 124 cm³/mol. The average Bonchev–Trinajstić information content (AvgIpc) is 3.49. The second-order valence-electron chi connectivity index (χ2n) is 7.53. The maximum Gasteiger partial charge on any atom is 0.100 e. The predicted octanol–water partition coefficient (Wildman–Crippen LogP) is 5.86. The summed E-state index contributed by atoms with van der Waals surface area (Å²) in [6.45, 7) is 4.27. The number of nitrogens with zero attached hydrogens (tertiary/aromatic N) is 4. The van der Waals surface area contributed by atoms with Gasteiger partial charge in [0.25, 0.3) is 0 Å². The second kappa shape index (κ2) is 8.03. The molecule has 0 aliphatic rings. The molecule has 5 nitrogen and oxygen atoms in total. The van der Waals surface area contributed by atoms with Crippen LogP contribution in [0.3, 0.4) is 0 Å². The Morgan fingerprint density at radius 1 is 0.871 bits per heavy atom. The van der Waals surface area contributed by atoms with Crippen molar-refractivity contribution in [1.29, 1.82) is 0 Å². The lowest BCUT2D eigenvalue weighted by atomic mass is 9.92. The summed E-state index contributed by atoms with van der Waals surface area (Å²) < 4.78 is 1.89. The van der Waals surface area contributed by atoms with Gasteiger partial charge >= 0.3 is 0 Å². The van der Waals surface area contributed by atoms with Gasteiger partial charge in [-0.1, -0.05) is 37.3 Å². The van der Waals surface area contributed by atoms with E-state index < -0.39 is 0 Å². The van der Waals surface area contributed by atoms with Crippen LogP contribution in [0.5, 0.6) is 0 Å². The number of hydrogen-bond donors (Lipinski definition) is 1. The van der Waals surface area contributed by atoms with Crippen molar-refractivity contribution in [3.63, 3.8) is 0 Å². The highest BCUT2D eigenvalue weighted by atomic mass is 15.3. The van der Waals surface area contributed by atoms with Crippen LogP contribution in [-0.2, 0) is 6.42 Å². The Morgan fingerprint density at radius 2 is 1.74 bits per heavy atom. The number of aromatic nitrogens is 5. The van der Waals surface area contributed by atoms with Gasteiger partial charge in [-0.05, 0) is 65.9 Å². The van der Waals surface area contributed by atoms with E-state index in [1.807, 2.05) is 29.1 Å². The minimum atomic E-state index is 0.941. The minimum absolute atomic E-state index is 0.941. The highest BCUT2D eigenvalue weighted by Crippen LogP contribution is 2.36. The van der Waals surface area contributed by atoms with Gasteiger partial charge < -0.3 is 0 Å². The third-order valence-electron chi connectivity index (χ3n) is 5.60. The van der Waals surface area contributed by atoms with E-state index in [4.69, 9.17) is 0 Å². The first kappa shape index (κ1) is 19.0. The van der Waals surface area contributed by atoms with Crippen molar-refractivity contribution in [3.8, 4) is 39.2 Å². The van der Waals surface area contributed by atoms with E-state index >= 15 is 0 Å². The largest absolute Gasteiger partial charge is 0.282 e. The van der Waals surface area contributed by atoms with E-state index in [1.54, 1.807) is 18.6 Å². The third-order valence-corrected chi connectivity index (χ3v) is 5.60. The molecule has 0 amide bonds. The number of nitrogens with one attached hydrogen (secondary N) is 1. The Kier molecular flexibility index (Phi) is 4.92. The van der Waals surface area contributed by atoms with Crippen LogP contribution in [0.2, 0.25) is 0 Å². The first-order chi connectivity index (χ1) is 15.2. The average molecular weight is 406 g/mol. The van der Waals surface area contributed by atoms with E-state index in [1.165, 1.54) is 22.3 Å². The molecule has 0 aliphatic carbocycles. The van der Waals surface area contributed by atoms with Crippen molar-refractivity contribution >= 4 is 0 Å². The zero-order valence-electron chi connectivity index (χ0n) is 17.6. The maximum atomic E-state index is 4.58. The second-order valence-corrected chi connectivity index (χ2v) is 7.53. The standard InChI is InChI=1S/C26H23N5/c1-3-19-16-22(25-18(2)29-30-26(25)20-10-13-27-14-11-20)8-9-24(19)21-6-4-7-23(17-21)31-15-5-12-28-31/h4-17H,3H2,1-2H3,(H,29,30). The molecule has 0 saturated carbocycles. The summed E-state index contributed by atoms with van der Waals surface area (Å²) in [5.74, 6) is 0. The van der Waals surface area contributed by atoms with E-state index in [9.17, 15) is 0 Å². The lowest BCUT2D eigenvalue weighted by Gasteiger charge is -2.13. The highest BCUT2D eigenvalue weighted by molar-refractivity contribution is 5.84. The Morgan fingerprint density at radius 3 is 2.52 bits per heavy atom. The Balaban J connectivity index is 1.59. The Bertz CT molecular complexity index is 1320. The fourth-order valence-electron chi connectivity index (χ4n) is 4.06. The van der Waals surface area contributed by atoms with Gasteiger partial charge in [-0.3, -0.25) is 10.1 Å². The van der Waals surface area contributed by atoms with Gasteiger partial charge in [0.05, 0.1) is 5.69 Å². The van der Waals surface area contributed by atoms with E-state index in [-0.39, 0.29) is 0 Å². The SMILES string of the molecule is CCc1cc(-c2c(-c3ccncc3)n[nH]c2C)ccc1-c1cccc(-n2cccn2)c1. The summed E-state index contributed by atoms with van der Waals surface area (Å²) in [4.78, 5) is 4.13. The molecule has 2 aromatic carbocycles. The molecule has 3 heterocycles. The molecule has 0 spiro atoms. The molecule has 0 unspecified atom stereocenters. The number of aryl methyl sites for hydroxylation is 2. The Hall–Kier alpha value is -3.99. The molecule has 152 valence electrons. The molecule has 0 bridgehead atoms. The molecule has 0 aliphatic heterocycles. The van der Waals surface area contributed by atoms with Gasteiger partial charge in [-0.2, -0.15) is 10.2 Å². The van der Waals surface area contributed by atoms with E-state index in [2.05, 4.69) is 76.6 Å². The van der Waals surface area contributed by atoms with Crippen molar-refractivity contribution in [3.05, 3.63) is 96.7 Å². The van der Waals surface area contributed by atoms with Crippen molar-refractivity contribution in [1.82, 2.24) is 25.0 Å². The van der Waals surface area contributed by atoms with Gasteiger partial charge in [0.15, 0.2) is 0 Å². The normalized spacial score (nSPS) is 11.0. The Labute approximate surface area is 181 Å². The molecule has 5 heteroatoms. The molecule has 3 aromatic heterocycles. The molecule has 0 atom stereocenters. The smallest absolute Gasteiger partial charge is 0.100 e. The summed E-state index contributed by atoms with van der Waals surface area (Å²) in [6, 6.07) is 21.1. The summed E-state index contributed by atoms with van der Waals surface area (Å²) >= 11 is 0. The lowest BCUT2D eigenvalue weighted by molar-refractivity contribution is 0.881. The fraction of sp³-hybridized carbons (Fsp3) is 0.115. The number of hydrogen-bond acceptors (Lipinski definition) is 3. The van der Waals surface area contributed by atoms with Crippen LogP contribution in [0.25, 0.3) is 39.2 Å². The van der Waals surface area contributed by atoms with Crippen LogP contribution in [0.4, 0.5) is 0 Å². The molecule has 0 fully saturated rings. The maximum absolute atomic E-state index is 4.58. The zero-order valence-corrected chi connectivity index (χ0v) is 17.6. The third kappa shape index (κ3) is 3.55. The molecular formula is C26H23N5. The summed E-state index contributed by atoms with van der Waals surface area (Å²) in [5.41, 5.74) is 10.2. The van der Waals surface area contributed by atoms with Crippen molar-refractivity contribution < 1.29 is 0 Å². The van der Waals surface area contributed by atoms with Crippen molar-refractivity contribution in [2.75, 3.05) is 0 Å². The monoisotopic (exact) mass is 405 g/mol. The van der Waals surface area contributed by atoms with E-state index in [0.29, 0.717) is 0 Å². The van der Waals surface area contributed by atoms with Gasteiger partial charge in [-0.15, -0.1) is 0 Å². The molecule has 1 N–H and O–H groups in total. The summed E-state index contributed by atoms with van der Waals surface area (Å²) in [7, 11) is 0. The lowest BCUT2D eigenvalue weighted by Crippen LogP contribution is -1.95. The molecular weight excluding hydrogens is 382 g/mol. The fourth-order valence-corrected chi connectivity index (χ4v) is 4.06. The van der Waals surface area contributed by atoms with Crippen LogP contribution in [0.15, 0.2) is 85.5 Å². The number of rotatable bonds is 5. The van der Waals surface area contributed by atoms with Gasteiger partial charge in [0.2, 0.25) is 0 Å². The number of benzene rings is 2. The quantitative estimate of drug-likeness (QED) is 0.398. The highest BCUT2D eigenvalue weighted by Gasteiger charge is 2.16. The zero-order chi connectivity index (χ0) is 21.2. The molecule has 0 radical (unpaired) electrons. The molecule has 5 aromatic rings. The van der Waals surface area contributed by atoms with Crippen LogP contribution < -0.4 is 0 Å². The van der Waals surface area contributed by atoms with Crippen LogP contribution >= 0.6 is 0 Å². The number of H-pyrrole nitrogens is 1. The van der Waals surface area contributed by atoms with Crippen LogP contribution in [-0.4, -0.2) is 25.0 Å². The van der Waals surface area contributed by atoms with Crippen molar-refractivity contribution in [2.24, 2.45) is 0 Å². The van der Waals surface area contributed by atoms with Crippen LogP contribution in [0.1, 0.15) is 18.2 Å². The summed E-state index contributed by atoms with van der Waals surface area (Å²) in [6.07, 6.45) is 8.31. The molecule has 31 heavy (non-hydrogen) atoms. The van der Waals surface area contributed by atoms with Crippen LogP contribution in [0, 0.1) is 6.92 Å². The first-order valence-electron chi connectivity index (χ1n) is 10.4.